The van der Waals surface area contributed by atoms with Crippen LogP contribution >= 0.6 is 0 Å². The summed E-state index contributed by atoms with van der Waals surface area (Å²) < 4.78 is 40.8. The minimum absolute atomic E-state index is 0.0790. The molecule has 1 fully saturated rings. The second-order valence-corrected chi connectivity index (χ2v) is 11.2. The van der Waals surface area contributed by atoms with Gasteiger partial charge in [0.25, 0.3) is 11.8 Å². The molecule has 0 aliphatic carbocycles. The number of carbonyl (C=O) groups excluding carboxylic acids is 3. The van der Waals surface area contributed by atoms with Crippen molar-refractivity contribution in [3.8, 4) is 6.07 Å². The first-order valence-corrected chi connectivity index (χ1v) is 13.3. The highest BCUT2D eigenvalue weighted by Gasteiger charge is 2.52. The summed E-state index contributed by atoms with van der Waals surface area (Å²) in [4.78, 5) is 52.7. The SMILES string of the molecule is CC(C)(NC(=O)c1ccc(Nc2ccccc2CN2C(=O)N(c3ccc(C#N)c(C(F)(F)F)c3)C(=O)C2(C)C)cc1)C(=O)O. The Kier molecular flexibility index (Phi) is 8.15. The van der Waals surface area contributed by atoms with E-state index in [1.165, 1.54) is 50.8 Å². The molecular weight excluding hydrogens is 579 g/mol. The quantitative estimate of drug-likeness (QED) is 0.281. The molecule has 3 aromatic rings. The Hall–Kier alpha value is -5.38. The Morgan fingerprint density at radius 3 is 2.23 bits per heavy atom. The first-order valence-electron chi connectivity index (χ1n) is 13.3. The molecule has 1 heterocycles. The number of halogens is 3. The van der Waals surface area contributed by atoms with Crippen LogP contribution in [-0.2, 0) is 22.3 Å². The highest BCUT2D eigenvalue weighted by atomic mass is 19.4. The Labute approximate surface area is 250 Å². The highest BCUT2D eigenvalue weighted by molar-refractivity contribution is 6.23. The van der Waals surface area contributed by atoms with Crippen LogP contribution in [-0.4, -0.2) is 44.9 Å². The molecule has 4 amide bonds. The van der Waals surface area contributed by atoms with Gasteiger partial charge in [-0.1, -0.05) is 18.2 Å². The van der Waals surface area contributed by atoms with Crippen molar-refractivity contribution in [2.24, 2.45) is 0 Å². The Bertz CT molecular complexity index is 1690. The molecule has 13 heteroatoms. The number of nitrogens with one attached hydrogen (secondary N) is 2. The van der Waals surface area contributed by atoms with Crippen molar-refractivity contribution in [3.63, 3.8) is 0 Å². The molecule has 4 rings (SSSR count). The lowest BCUT2D eigenvalue weighted by Crippen LogP contribution is -2.49. The average molecular weight is 608 g/mol. The Balaban J connectivity index is 1.58. The van der Waals surface area contributed by atoms with Crippen LogP contribution < -0.4 is 15.5 Å². The number of imide groups is 1. The van der Waals surface area contributed by atoms with Crippen LogP contribution in [0.25, 0.3) is 0 Å². The number of carboxylic acid groups (broad SMARTS) is 1. The zero-order valence-corrected chi connectivity index (χ0v) is 24.1. The number of carboxylic acids is 1. The van der Waals surface area contributed by atoms with E-state index >= 15 is 0 Å². The maximum Gasteiger partial charge on any atom is 0.417 e. The topological polar surface area (TPSA) is 143 Å². The smallest absolute Gasteiger partial charge is 0.417 e. The predicted molar refractivity (Wildman–Crippen MR) is 154 cm³/mol. The number of nitriles is 1. The molecule has 0 unspecified atom stereocenters. The average Bonchev–Trinajstić information content (AvgIpc) is 3.12. The van der Waals surface area contributed by atoms with Crippen LogP contribution in [0.1, 0.15) is 54.7 Å². The third-order valence-corrected chi connectivity index (χ3v) is 7.24. The molecule has 0 radical (unpaired) electrons. The van der Waals surface area contributed by atoms with E-state index in [-0.39, 0.29) is 17.8 Å². The van der Waals surface area contributed by atoms with E-state index in [0.29, 0.717) is 27.9 Å². The van der Waals surface area contributed by atoms with Crippen molar-refractivity contribution in [2.75, 3.05) is 10.2 Å². The van der Waals surface area contributed by atoms with Crippen molar-refractivity contribution in [2.45, 2.75) is 51.5 Å². The number of aliphatic carboxylic acids is 1. The molecule has 0 aromatic heterocycles. The van der Waals surface area contributed by atoms with E-state index in [1.54, 1.807) is 36.4 Å². The Morgan fingerprint density at radius 2 is 1.64 bits per heavy atom. The molecule has 10 nitrogen and oxygen atoms in total. The maximum atomic E-state index is 13.6. The van der Waals surface area contributed by atoms with Crippen molar-refractivity contribution in [1.29, 1.82) is 5.26 Å². The second kappa shape index (κ2) is 11.4. The normalized spacial score (nSPS) is 14.8. The monoisotopic (exact) mass is 607 g/mol. The molecular formula is C31H28F3N5O5. The van der Waals surface area contributed by atoms with E-state index in [9.17, 15) is 37.5 Å². The second-order valence-electron chi connectivity index (χ2n) is 11.2. The van der Waals surface area contributed by atoms with Crippen LogP contribution in [0.5, 0.6) is 0 Å². The summed E-state index contributed by atoms with van der Waals surface area (Å²) in [7, 11) is 0. The predicted octanol–water partition coefficient (Wildman–Crippen LogP) is 5.66. The summed E-state index contributed by atoms with van der Waals surface area (Å²) in [6, 6.07) is 16.5. The van der Waals surface area contributed by atoms with Crippen LogP contribution in [0.2, 0.25) is 0 Å². The number of nitrogens with zero attached hydrogens (tertiary/aromatic N) is 3. The third kappa shape index (κ3) is 6.05. The number of benzene rings is 3. The summed E-state index contributed by atoms with van der Waals surface area (Å²) in [6.45, 7) is 5.64. The third-order valence-electron chi connectivity index (χ3n) is 7.24. The van der Waals surface area contributed by atoms with Gasteiger partial charge in [0.05, 0.1) is 29.4 Å². The van der Waals surface area contributed by atoms with E-state index < -0.39 is 52.2 Å². The number of rotatable bonds is 8. The van der Waals surface area contributed by atoms with Gasteiger partial charge in [-0.15, -0.1) is 0 Å². The lowest BCUT2D eigenvalue weighted by Gasteiger charge is -2.28. The number of hydrogen-bond donors (Lipinski definition) is 3. The van der Waals surface area contributed by atoms with Gasteiger partial charge in [0.1, 0.15) is 11.1 Å². The van der Waals surface area contributed by atoms with E-state index in [2.05, 4.69) is 10.6 Å². The molecule has 0 saturated carbocycles. The number of hydrogen-bond acceptors (Lipinski definition) is 6. The molecule has 44 heavy (non-hydrogen) atoms. The fraction of sp³-hybridized carbons (Fsp3) is 0.258. The summed E-state index contributed by atoms with van der Waals surface area (Å²) in [6.07, 6.45) is -4.87. The molecule has 0 spiro atoms. The van der Waals surface area contributed by atoms with Gasteiger partial charge in [0, 0.05) is 16.9 Å². The van der Waals surface area contributed by atoms with Gasteiger partial charge in [-0.05, 0) is 81.8 Å². The number of anilines is 3. The molecule has 0 bridgehead atoms. The van der Waals surface area contributed by atoms with E-state index in [1.807, 2.05) is 0 Å². The van der Waals surface area contributed by atoms with Gasteiger partial charge < -0.3 is 20.6 Å². The standard InChI is InChI=1S/C31H28F3N5O5/c1-29(2,27(42)43)37-25(40)18-9-12-21(13-10-18)36-24-8-6-5-7-20(24)17-38-28(44)39(26(41)30(38,3)4)22-14-11-19(16-35)23(15-22)31(32,33)34/h5-15,36H,17H2,1-4H3,(H,37,40)(H,42,43). The fourth-order valence-corrected chi connectivity index (χ4v) is 4.55. The molecule has 1 aliphatic heterocycles. The van der Waals surface area contributed by atoms with Gasteiger partial charge in [-0.25, -0.2) is 14.5 Å². The van der Waals surface area contributed by atoms with Crippen molar-refractivity contribution in [3.05, 3.63) is 89.0 Å². The molecule has 1 aliphatic rings. The fourth-order valence-electron chi connectivity index (χ4n) is 4.55. The van der Waals surface area contributed by atoms with Gasteiger partial charge in [-0.2, -0.15) is 18.4 Å². The van der Waals surface area contributed by atoms with Gasteiger partial charge >= 0.3 is 18.2 Å². The van der Waals surface area contributed by atoms with Crippen LogP contribution in [0.4, 0.5) is 35.0 Å². The van der Waals surface area contributed by atoms with Crippen molar-refractivity contribution < 1.29 is 37.5 Å². The van der Waals surface area contributed by atoms with Gasteiger partial charge in [-0.3, -0.25) is 9.59 Å². The Morgan fingerprint density at radius 1 is 1.00 bits per heavy atom. The maximum absolute atomic E-state index is 13.6. The molecule has 0 atom stereocenters. The first-order chi connectivity index (χ1) is 20.5. The number of para-hydroxylation sites is 1. The number of alkyl halides is 3. The van der Waals surface area contributed by atoms with E-state index in [4.69, 9.17) is 5.26 Å². The lowest BCUT2D eigenvalue weighted by atomic mass is 10.0. The molecule has 3 aromatic carbocycles. The van der Waals surface area contributed by atoms with Gasteiger partial charge in [0.15, 0.2) is 0 Å². The van der Waals surface area contributed by atoms with Crippen LogP contribution in [0.15, 0.2) is 66.7 Å². The summed E-state index contributed by atoms with van der Waals surface area (Å²) in [5, 5.41) is 24.0. The minimum Gasteiger partial charge on any atom is -0.480 e. The van der Waals surface area contributed by atoms with E-state index in [0.717, 1.165) is 12.1 Å². The highest BCUT2D eigenvalue weighted by Crippen LogP contribution is 2.38. The first kappa shape index (κ1) is 31.6. The van der Waals surface area contributed by atoms with Gasteiger partial charge in [0.2, 0.25) is 0 Å². The zero-order valence-electron chi connectivity index (χ0n) is 24.1. The van der Waals surface area contributed by atoms with Crippen molar-refractivity contribution >= 4 is 40.9 Å². The molecule has 228 valence electrons. The summed E-state index contributed by atoms with van der Waals surface area (Å²) >= 11 is 0. The van der Waals surface area contributed by atoms with Crippen molar-refractivity contribution in [1.82, 2.24) is 10.2 Å². The van der Waals surface area contributed by atoms with Crippen LogP contribution in [0, 0.1) is 11.3 Å². The lowest BCUT2D eigenvalue weighted by molar-refractivity contribution is -0.143. The number of amides is 4. The minimum atomic E-state index is -4.87. The summed E-state index contributed by atoms with van der Waals surface area (Å²) in [5.41, 5.74) is -3.13. The zero-order chi connectivity index (χ0) is 32.6. The number of urea groups is 1. The summed E-state index contributed by atoms with van der Waals surface area (Å²) in [5.74, 6) is -2.49. The molecule has 1 saturated heterocycles. The largest absolute Gasteiger partial charge is 0.480 e. The number of carbonyl (C=O) groups is 4. The molecule has 3 N–H and O–H groups in total. The van der Waals surface area contributed by atoms with Crippen LogP contribution in [0.3, 0.4) is 0 Å².